The van der Waals surface area contributed by atoms with Gasteiger partial charge in [-0.15, -0.1) is 0 Å². The number of ether oxygens (including phenoxy) is 1. The van der Waals surface area contributed by atoms with Gasteiger partial charge in [0.2, 0.25) is 0 Å². The first-order chi connectivity index (χ1) is 8.08. The largest absolute Gasteiger partial charge is 0.370 e. The van der Waals surface area contributed by atoms with Gasteiger partial charge in [0.25, 0.3) is 0 Å². The molecule has 2 amide bonds. The number of nitrogens with zero attached hydrogens (tertiary/aromatic N) is 1. The van der Waals surface area contributed by atoms with E-state index in [0.717, 1.165) is 12.1 Å². The number of amides is 2. The molecule has 1 saturated heterocycles. The number of halogens is 2. The van der Waals surface area contributed by atoms with Crippen LogP contribution in [0.5, 0.6) is 0 Å². The summed E-state index contributed by atoms with van der Waals surface area (Å²) in [4.78, 5) is 12.4. The van der Waals surface area contributed by atoms with Crippen molar-refractivity contribution in [3.63, 3.8) is 0 Å². The quantitative estimate of drug-likeness (QED) is 0.809. The fourth-order valence-corrected chi connectivity index (χ4v) is 1.76. The first-order valence-electron chi connectivity index (χ1n) is 5.19. The molecular weight excluding hydrogens is 230 g/mol. The second-order valence-electron chi connectivity index (χ2n) is 3.82. The Morgan fingerprint density at radius 3 is 2.82 bits per heavy atom. The van der Waals surface area contributed by atoms with Crippen LogP contribution in [0.4, 0.5) is 13.6 Å². The van der Waals surface area contributed by atoms with Crippen LogP contribution in [0.3, 0.4) is 0 Å². The molecule has 0 aromatic heterocycles. The summed E-state index contributed by atoms with van der Waals surface area (Å²) in [6.07, 6.45) is -0.466. The fraction of sp³-hybridized carbons (Fsp3) is 0.364. The molecule has 1 aliphatic heterocycles. The molecule has 0 bridgehead atoms. The summed E-state index contributed by atoms with van der Waals surface area (Å²) in [5.41, 5.74) is 5.65. The first-order valence-corrected chi connectivity index (χ1v) is 5.19. The minimum atomic E-state index is -0.928. The van der Waals surface area contributed by atoms with E-state index in [1.54, 1.807) is 0 Å². The number of hydrogen-bond donors (Lipinski definition) is 1. The zero-order chi connectivity index (χ0) is 12.4. The van der Waals surface area contributed by atoms with Gasteiger partial charge < -0.3 is 15.4 Å². The van der Waals surface area contributed by atoms with Crippen LogP contribution < -0.4 is 5.73 Å². The monoisotopic (exact) mass is 242 g/mol. The molecule has 1 unspecified atom stereocenters. The average Bonchev–Trinajstić information content (AvgIpc) is 2.33. The molecule has 2 rings (SSSR count). The third kappa shape index (κ3) is 2.52. The minimum absolute atomic E-state index is 0.250. The van der Waals surface area contributed by atoms with E-state index in [4.69, 9.17) is 10.5 Å². The summed E-state index contributed by atoms with van der Waals surface area (Å²) in [6, 6.07) is 3.01. The Morgan fingerprint density at radius 2 is 2.18 bits per heavy atom. The zero-order valence-electron chi connectivity index (χ0n) is 9.03. The number of nitrogens with two attached hydrogens (primary N) is 1. The highest BCUT2D eigenvalue weighted by molar-refractivity contribution is 5.72. The molecule has 0 saturated carbocycles. The molecule has 1 fully saturated rings. The molecule has 0 aliphatic carbocycles. The molecule has 4 nitrogen and oxygen atoms in total. The Balaban J connectivity index is 2.16. The topological polar surface area (TPSA) is 55.6 Å². The van der Waals surface area contributed by atoms with Gasteiger partial charge in [-0.2, -0.15) is 0 Å². The molecule has 0 spiro atoms. The number of carbonyl (C=O) groups is 1. The number of carbonyl (C=O) groups excluding carboxylic acids is 1. The fourth-order valence-electron chi connectivity index (χ4n) is 1.76. The maximum Gasteiger partial charge on any atom is 0.314 e. The maximum absolute atomic E-state index is 13.1. The standard InChI is InChI=1S/C11H12F2N2O2/c12-8-2-1-7(5-9(8)13)10-6-15(11(14)16)3-4-17-10/h1-2,5,10H,3-4,6H2,(H2,14,16). The molecule has 1 aliphatic rings. The van der Waals surface area contributed by atoms with Crippen molar-refractivity contribution in [2.45, 2.75) is 6.10 Å². The molecule has 0 radical (unpaired) electrons. The Bertz CT molecular complexity index is 439. The van der Waals surface area contributed by atoms with Crippen LogP contribution in [0.2, 0.25) is 0 Å². The highest BCUT2D eigenvalue weighted by atomic mass is 19.2. The van der Waals surface area contributed by atoms with Crippen molar-refractivity contribution in [1.29, 1.82) is 0 Å². The number of urea groups is 1. The van der Waals surface area contributed by atoms with E-state index in [-0.39, 0.29) is 6.54 Å². The third-order valence-corrected chi connectivity index (χ3v) is 2.69. The van der Waals surface area contributed by atoms with Crippen molar-refractivity contribution in [2.24, 2.45) is 5.73 Å². The number of morpholine rings is 1. The van der Waals surface area contributed by atoms with Crippen LogP contribution in [0.1, 0.15) is 11.7 Å². The Kier molecular flexibility index (Phi) is 3.23. The molecule has 92 valence electrons. The van der Waals surface area contributed by atoms with Gasteiger partial charge in [-0.1, -0.05) is 6.07 Å². The summed E-state index contributed by atoms with van der Waals surface area (Å²) in [5.74, 6) is -1.83. The lowest BCUT2D eigenvalue weighted by atomic mass is 10.1. The van der Waals surface area contributed by atoms with Crippen molar-refractivity contribution >= 4 is 6.03 Å². The first kappa shape index (κ1) is 11.8. The van der Waals surface area contributed by atoms with Crippen molar-refractivity contribution in [3.05, 3.63) is 35.4 Å². The number of hydrogen-bond acceptors (Lipinski definition) is 2. The van der Waals surface area contributed by atoms with Crippen molar-refractivity contribution in [1.82, 2.24) is 4.90 Å². The SMILES string of the molecule is NC(=O)N1CCOC(c2ccc(F)c(F)c2)C1. The van der Waals surface area contributed by atoms with Crippen LogP contribution in [-0.4, -0.2) is 30.6 Å². The van der Waals surface area contributed by atoms with E-state index in [0.29, 0.717) is 18.7 Å². The Labute approximate surface area is 97.0 Å². The maximum atomic E-state index is 13.1. The minimum Gasteiger partial charge on any atom is -0.370 e. The summed E-state index contributed by atoms with van der Waals surface area (Å²) in [6.45, 7) is 0.989. The summed E-state index contributed by atoms with van der Waals surface area (Å²) in [7, 11) is 0. The van der Waals surface area contributed by atoms with Gasteiger partial charge in [-0.05, 0) is 17.7 Å². The van der Waals surface area contributed by atoms with E-state index in [1.165, 1.54) is 11.0 Å². The van der Waals surface area contributed by atoms with Gasteiger partial charge in [-0.3, -0.25) is 0 Å². The van der Waals surface area contributed by atoms with Crippen LogP contribution >= 0.6 is 0 Å². The van der Waals surface area contributed by atoms with Gasteiger partial charge in [0.05, 0.1) is 13.2 Å². The highest BCUT2D eigenvalue weighted by Crippen LogP contribution is 2.23. The van der Waals surface area contributed by atoms with Crippen LogP contribution in [-0.2, 0) is 4.74 Å². The second-order valence-corrected chi connectivity index (χ2v) is 3.82. The van der Waals surface area contributed by atoms with Crippen LogP contribution in [0.15, 0.2) is 18.2 Å². The van der Waals surface area contributed by atoms with Gasteiger partial charge in [0.15, 0.2) is 11.6 Å². The van der Waals surface area contributed by atoms with Gasteiger partial charge in [0, 0.05) is 6.54 Å². The predicted octanol–water partition coefficient (Wildman–Crippen LogP) is 1.42. The summed E-state index contributed by atoms with van der Waals surface area (Å²) in [5, 5.41) is 0. The lowest BCUT2D eigenvalue weighted by Gasteiger charge is -2.32. The zero-order valence-corrected chi connectivity index (χ0v) is 9.03. The Hall–Kier alpha value is -1.69. The van der Waals surface area contributed by atoms with Crippen molar-refractivity contribution < 1.29 is 18.3 Å². The molecule has 1 aromatic rings. The van der Waals surface area contributed by atoms with Gasteiger partial charge in [-0.25, -0.2) is 13.6 Å². The summed E-state index contributed by atoms with van der Waals surface area (Å²) >= 11 is 0. The normalized spacial score (nSPS) is 20.4. The average molecular weight is 242 g/mol. The summed E-state index contributed by atoms with van der Waals surface area (Å²) < 4.78 is 31.2. The molecule has 6 heteroatoms. The second kappa shape index (κ2) is 4.67. The number of benzene rings is 1. The van der Waals surface area contributed by atoms with E-state index in [9.17, 15) is 13.6 Å². The van der Waals surface area contributed by atoms with Crippen molar-refractivity contribution in [3.8, 4) is 0 Å². The smallest absolute Gasteiger partial charge is 0.314 e. The lowest BCUT2D eigenvalue weighted by molar-refractivity contribution is -0.0143. The molecule has 2 N–H and O–H groups in total. The van der Waals surface area contributed by atoms with E-state index >= 15 is 0 Å². The third-order valence-electron chi connectivity index (χ3n) is 2.69. The highest BCUT2D eigenvalue weighted by Gasteiger charge is 2.24. The van der Waals surface area contributed by atoms with E-state index < -0.39 is 23.8 Å². The number of primary amides is 1. The Morgan fingerprint density at radius 1 is 1.41 bits per heavy atom. The molecule has 1 heterocycles. The van der Waals surface area contributed by atoms with Gasteiger partial charge >= 0.3 is 6.03 Å². The lowest BCUT2D eigenvalue weighted by Crippen LogP contribution is -2.44. The molecular formula is C11H12F2N2O2. The molecule has 1 atom stereocenters. The molecule has 17 heavy (non-hydrogen) atoms. The van der Waals surface area contributed by atoms with Crippen LogP contribution in [0.25, 0.3) is 0 Å². The number of rotatable bonds is 1. The van der Waals surface area contributed by atoms with E-state index in [2.05, 4.69) is 0 Å². The van der Waals surface area contributed by atoms with Crippen LogP contribution in [0, 0.1) is 11.6 Å². The van der Waals surface area contributed by atoms with Crippen molar-refractivity contribution in [2.75, 3.05) is 19.7 Å². The molecule has 1 aromatic carbocycles. The van der Waals surface area contributed by atoms with E-state index in [1.807, 2.05) is 0 Å². The predicted molar refractivity (Wildman–Crippen MR) is 56.2 cm³/mol. The van der Waals surface area contributed by atoms with Gasteiger partial charge in [0.1, 0.15) is 6.10 Å².